The Bertz CT molecular complexity index is 297. The molecule has 0 unspecified atom stereocenters. The highest BCUT2D eigenvalue weighted by Gasteiger charge is 2.02. The van der Waals surface area contributed by atoms with Gasteiger partial charge in [0.15, 0.2) is 0 Å². The third-order valence-corrected chi connectivity index (χ3v) is 2.08. The Morgan fingerprint density at radius 1 is 1.43 bits per heavy atom. The van der Waals surface area contributed by atoms with Crippen LogP contribution in [0, 0.1) is 0 Å². The number of nitrogens with one attached hydrogen (secondary N) is 1. The van der Waals surface area contributed by atoms with Crippen molar-refractivity contribution in [3.05, 3.63) is 29.3 Å². The van der Waals surface area contributed by atoms with Crippen LogP contribution in [-0.4, -0.2) is 11.1 Å². The molecule has 78 valence electrons. The van der Waals surface area contributed by atoms with Gasteiger partial charge in [-0.3, -0.25) is 0 Å². The van der Waals surface area contributed by atoms with E-state index < -0.39 is 0 Å². The Morgan fingerprint density at radius 3 is 2.71 bits per heavy atom. The molecule has 0 aliphatic carbocycles. The van der Waals surface area contributed by atoms with Crippen LogP contribution in [0.5, 0.6) is 5.75 Å². The maximum atomic E-state index is 9.56. The molecule has 0 spiro atoms. The van der Waals surface area contributed by atoms with Crippen LogP contribution in [0.2, 0.25) is 0 Å². The molecule has 1 rings (SSSR count). The lowest BCUT2D eigenvalue weighted by Crippen LogP contribution is -2.21. The van der Waals surface area contributed by atoms with Gasteiger partial charge in [-0.05, 0) is 17.7 Å². The Kier molecular flexibility index (Phi) is 3.92. The van der Waals surface area contributed by atoms with Gasteiger partial charge in [0.05, 0.1) is 0 Å². The van der Waals surface area contributed by atoms with Gasteiger partial charge in [-0.1, -0.05) is 19.9 Å². The van der Waals surface area contributed by atoms with E-state index in [1.807, 2.05) is 12.1 Å². The second kappa shape index (κ2) is 4.98. The van der Waals surface area contributed by atoms with Crippen molar-refractivity contribution in [3.63, 3.8) is 0 Å². The van der Waals surface area contributed by atoms with Crippen LogP contribution in [0.1, 0.15) is 25.0 Å². The van der Waals surface area contributed by atoms with E-state index in [0.29, 0.717) is 24.9 Å². The van der Waals surface area contributed by atoms with Crippen LogP contribution in [0.15, 0.2) is 18.2 Å². The molecule has 0 bridgehead atoms. The van der Waals surface area contributed by atoms with Crippen LogP contribution in [0.3, 0.4) is 0 Å². The van der Waals surface area contributed by atoms with Crippen LogP contribution >= 0.6 is 0 Å². The third-order valence-electron chi connectivity index (χ3n) is 2.08. The Labute approximate surface area is 84.9 Å². The molecule has 0 heterocycles. The van der Waals surface area contributed by atoms with Gasteiger partial charge in [0.2, 0.25) is 0 Å². The van der Waals surface area contributed by atoms with E-state index in [-0.39, 0.29) is 0 Å². The van der Waals surface area contributed by atoms with Crippen molar-refractivity contribution >= 4 is 0 Å². The highest BCUT2D eigenvalue weighted by atomic mass is 16.3. The van der Waals surface area contributed by atoms with Crippen molar-refractivity contribution in [1.82, 2.24) is 5.32 Å². The van der Waals surface area contributed by atoms with Crippen LogP contribution < -0.4 is 11.1 Å². The predicted octanol–water partition coefficient (Wildman–Crippen LogP) is 1.35. The van der Waals surface area contributed by atoms with E-state index in [0.717, 1.165) is 11.1 Å². The number of phenolic OH excluding ortho intramolecular Hbond substituents is 1. The molecular weight excluding hydrogens is 176 g/mol. The fourth-order valence-corrected chi connectivity index (χ4v) is 1.22. The maximum absolute atomic E-state index is 9.56. The zero-order chi connectivity index (χ0) is 10.6. The molecule has 0 atom stereocenters. The van der Waals surface area contributed by atoms with Gasteiger partial charge in [-0.2, -0.15) is 0 Å². The Morgan fingerprint density at radius 2 is 2.14 bits per heavy atom. The summed E-state index contributed by atoms with van der Waals surface area (Å²) in [6.45, 7) is 5.33. The zero-order valence-corrected chi connectivity index (χ0v) is 8.75. The van der Waals surface area contributed by atoms with Gasteiger partial charge in [0.1, 0.15) is 5.75 Å². The van der Waals surface area contributed by atoms with Gasteiger partial charge < -0.3 is 16.2 Å². The van der Waals surface area contributed by atoms with Crippen LogP contribution in [0.4, 0.5) is 0 Å². The lowest BCUT2D eigenvalue weighted by Gasteiger charge is -2.10. The Hall–Kier alpha value is -1.06. The van der Waals surface area contributed by atoms with E-state index in [1.54, 1.807) is 6.07 Å². The number of nitrogens with two attached hydrogens (primary N) is 1. The number of aromatic hydroxyl groups is 1. The average Bonchev–Trinajstić information content (AvgIpc) is 2.16. The van der Waals surface area contributed by atoms with Crippen molar-refractivity contribution in [3.8, 4) is 5.75 Å². The molecule has 4 N–H and O–H groups in total. The molecule has 14 heavy (non-hydrogen) atoms. The van der Waals surface area contributed by atoms with Crippen LogP contribution in [0.25, 0.3) is 0 Å². The van der Waals surface area contributed by atoms with E-state index in [4.69, 9.17) is 5.73 Å². The van der Waals surface area contributed by atoms with Crippen molar-refractivity contribution < 1.29 is 5.11 Å². The van der Waals surface area contributed by atoms with Gasteiger partial charge in [0.25, 0.3) is 0 Å². The summed E-state index contributed by atoms with van der Waals surface area (Å²) in [6.07, 6.45) is 0. The number of hydrogen-bond donors (Lipinski definition) is 3. The monoisotopic (exact) mass is 194 g/mol. The van der Waals surface area contributed by atoms with Gasteiger partial charge >= 0.3 is 0 Å². The smallest absolute Gasteiger partial charge is 0.120 e. The largest absolute Gasteiger partial charge is 0.508 e. The summed E-state index contributed by atoms with van der Waals surface area (Å²) in [5, 5.41) is 12.8. The van der Waals surface area contributed by atoms with Crippen molar-refractivity contribution in [1.29, 1.82) is 0 Å². The molecule has 0 saturated heterocycles. The molecule has 0 aliphatic rings. The molecule has 0 saturated carbocycles. The summed E-state index contributed by atoms with van der Waals surface area (Å²) in [4.78, 5) is 0. The summed E-state index contributed by atoms with van der Waals surface area (Å²) in [6, 6.07) is 5.88. The van der Waals surface area contributed by atoms with Crippen LogP contribution in [-0.2, 0) is 13.1 Å². The van der Waals surface area contributed by atoms with Gasteiger partial charge in [-0.25, -0.2) is 0 Å². The average molecular weight is 194 g/mol. The van der Waals surface area contributed by atoms with Crippen molar-refractivity contribution in [2.24, 2.45) is 5.73 Å². The topological polar surface area (TPSA) is 58.3 Å². The number of hydrogen-bond acceptors (Lipinski definition) is 3. The molecule has 3 nitrogen and oxygen atoms in total. The Balaban J connectivity index is 2.73. The molecule has 1 aromatic rings. The van der Waals surface area contributed by atoms with E-state index in [2.05, 4.69) is 19.2 Å². The van der Waals surface area contributed by atoms with E-state index in [1.165, 1.54) is 0 Å². The van der Waals surface area contributed by atoms with Gasteiger partial charge in [-0.15, -0.1) is 0 Å². The molecule has 0 fully saturated rings. The summed E-state index contributed by atoms with van der Waals surface area (Å²) in [7, 11) is 0. The summed E-state index contributed by atoms with van der Waals surface area (Å²) in [5.74, 6) is 0.329. The highest BCUT2D eigenvalue weighted by Crippen LogP contribution is 2.18. The first-order valence-electron chi connectivity index (χ1n) is 4.87. The molecule has 0 amide bonds. The molecule has 3 heteroatoms. The number of rotatable bonds is 4. The molecular formula is C11H18N2O. The first-order chi connectivity index (χ1) is 6.63. The minimum atomic E-state index is 0.329. The molecule has 0 radical (unpaired) electrons. The normalized spacial score (nSPS) is 10.9. The predicted molar refractivity (Wildman–Crippen MR) is 58.0 cm³/mol. The lowest BCUT2D eigenvalue weighted by atomic mass is 10.1. The second-order valence-corrected chi connectivity index (χ2v) is 3.70. The molecule has 0 aliphatic heterocycles. The standard InChI is InChI=1S/C11H18N2O/c1-8(2)13-7-10-5-9(6-12)3-4-11(10)14/h3-5,8,13-14H,6-7,12H2,1-2H3. The maximum Gasteiger partial charge on any atom is 0.120 e. The summed E-state index contributed by atoms with van der Waals surface area (Å²) in [5.41, 5.74) is 7.47. The summed E-state index contributed by atoms with van der Waals surface area (Å²) >= 11 is 0. The first-order valence-corrected chi connectivity index (χ1v) is 4.87. The molecule has 0 aromatic heterocycles. The number of benzene rings is 1. The quantitative estimate of drug-likeness (QED) is 0.678. The number of phenols is 1. The SMILES string of the molecule is CC(C)NCc1cc(CN)ccc1O. The zero-order valence-electron chi connectivity index (χ0n) is 8.75. The molecule has 1 aromatic carbocycles. The second-order valence-electron chi connectivity index (χ2n) is 3.70. The minimum Gasteiger partial charge on any atom is -0.508 e. The fourth-order valence-electron chi connectivity index (χ4n) is 1.22. The minimum absolute atomic E-state index is 0.329. The van der Waals surface area contributed by atoms with Gasteiger partial charge in [0, 0.05) is 24.7 Å². The third kappa shape index (κ3) is 3.01. The summed E-state index contributed by atoms with van der Waals surface area (Å²) < 4.78 is 0. The highest BCUT2D eigenvalue weighted by molar-refractivity contribution is 5.36. The van der Waals surface area contributed by atoms with E-state index >= 15 is 0 Å². The fraction of sp³-hybridized carbons (Fsp3) is 0.455. The van der Waals surface area contributed by atoms with E-state index in [9.17, 15) is 5.11 Å². The van der Waals surface area contributed by atoms with Crippen molar-refractivity contribution in [2.45, 2.75) is 33.0 Å². The lowest BCUT2D eigenvalue weighted by molar-refractivity contribution is 0.461. The first kappa shape index (κ1) is 11.0. The van der Waals surface area contributed by atoms with Crippen molar-refractivity contribution in [2.75, 3.05) is 0 Å².